The molecule has 0 saturated heterocycles. The number of aliphatic hydroxyl groups excluding tert-OH is 1. The first-order chi connectivity index (χ1) is 19.0. The summed E-state index contributed by atoms with van der Waals surface area (Å²) in [6.45, 7) is 2.86. The van der Waals surface area contributed by atoms with Gasteiger partial charge < -0.3 is 14.4 Å². The molecule has 2 aromatic heterocycles. The molecule has 0 saturated carbocycles. The molecule has 0 fully saturated rings. The molecule has 0 aliphatic rings. The van der Waals surface area contributed by atoms with E-state index in [1.54, 1.807) is 12.0 Å². The molecule has 0 aliphatic carbocycles. The quantitative estimate of drug-likeness (QED) is 0.162. The average molecular weight is 559 g/mol. The number of pyridine rings is 1. The minimum Gasteiger partial charge on any atom is -0.463 e. The van der Waals surface area contributed by atoms with Crippen LogP contribution in [0.4, 0.5) is 0 Å². The summed E-state index contributed by atoms with van der Waals surface area (Å²) in [4.78, 5) is 16.5. The largest absolute Gasteiger partial charge is 0.463 e. The second-order valence-corrected chi connectivity index (χ2v) is 12.4. The number of hydrogen-bond acceptors (Lipinski definition) is 4. The van der Waals surface area contributed by atoms with Crippen LogP contribution < -0.4 is 15.9 Å². The van der Waals surface area contributed by atoms with Crippen LogP contribution in [0, 0.1) is 0 Å². The SMILES string of the molecule is CCOC(=O)C=P(c1ccccc1)(c1ccccc1)c1ccccc1.CCn1c(CO)cc2cnc(Cl)cc21. The van der Waals surface area contributed by atoms with Crippen molar-refractivity contribution < 1.29 is 14.6 Å². The van der Waals surface area contributed by atoms with Crippen LogP contribution in [0.25, 0.3) is 10.9 Å². The van der Waals surface area contributed by atoms with Gasteiger partial charge in [0.2, 0.25) is 0 Å². The second kappa shape index (κ2) is 13.4. The smallest absolute Gasteiger partial charge is 0.331 e. The Morgan fingerprint density at radius 3 is 1.85 bits per heavy atom. The maximum atomic E-state index is 12.5. The van der Waals surface area contributed by atoms with E-state index in [2.05, 4.69) is 41.4 Å². The van der Waals surface area contributed by atoms with E-state index in [1.807, 2.05) is 85.1 Å². The monoisotopic (exact) mass is 558 g/mol. The van der Waals surface area contributed by atoms with Crippen LogP contribution in [0.2, 0.25) is 5.15 Å². The zero-order valence-electron chi connectivity index (χ0n) is 22.1. The summed E-state index contributed by atoms with van der Waals surface area (Å²) in [6.07, 6.45) is 1.73. The Morgan fingerprint density at radius 1 is 0.897 bits per heavy atom. The highest BCUT2D eigenvalue weighted by molar-refractivity contribution is 7.95. The molecule has 0 aliphatic heterocycles. The van der Waals surface area contributed by atoms with Gasteiger partial charge in [-0.3, -0.25) is 0 Å². The predicted molar refractivity (Wildman–Crippen MR) is 164 cm³/mol. The van der Waals surface area contributed by atoms with E-state index in [4.69, 9.17) is 21.4 Å². The van der Waals surface area contributed by atoms with Crippen molar-refractivity contribution in [3.05, 3.63) is 120 Å². The predicted octanol–water partition coefficient (Wildman–Crippen LogP) is 5.55. The van der Waals surface area contributed by atoms with Crippen LogP contribution in [0.5, 0.6) is 0 Å². The first kappa shape index (κ1) is 28.4. The number of aryl methyl sites for hydroxylation is 1. The van der Waals surface area contributed by atoms with Crippen LogP contribution in [-0.4, -0.2) is 33.0 Å². The van der Waals surface area contributed by atoms with Gasteiger partial charge in [-0.15, -0.1) is 0 Å². The fourth-order valence-electron chi connectivity index (χ4n) is 4.69. The van der Waals surface area contributed by atoms with Crippen LogP contribution in [0.15, 0.2) is 109 Å². The lowest BCUT2D eigenvalue weighted by Crippen LogP contribution is -2.29. The molecule has 0 amide bonds. The molecule has 200 valence electrons. The Bertz CT molecular complexity index is 1470. The molecule has 2 heterocycles. The Balaban J connectivity index is 0.000000212. The Morgan fingerprint density at radius 2 is 1.41 bits per heavy atom. The van der Waals surface area contributed by atoms with Crippen molar-refractivity contribution in [3.8, 4) is 0 Å². The number of aromatic nitrogens is 2. The molecule has 5 nitrogen and oxygen atoms in total. The molecule has 5 aromatic rings. The lowest BCUT2D eigenvalue weighted by molar-refractivity contribution is -0.134. The van der Waals surface area contributed by atoms with Crippen LogP contribution in [0.1, 0.15) is 19.5 Å². The number of esters is 1. The van der Waals surface area contributed by atoms with Gasteiger partial charge in [0.15, 0.2) is 0 Å². The zero-order chi connectivity index (χ0) is 27.7. The molecule has 5 rings (SSSR count). The number of nitrogens with zero attached hydrogens (tertiary/aromatic N) is 2. The molecule has 3 aromatic carbocycles. The van der Waals surface area contributed by atoms with Gasteiger partial charge in [-0.1, -0.05) is 103 Å². The van der Waals surface area contributed by atoms with Crippen molar-refractivity contribution in [1.82, 2.24) is 9.55 Å². The van der Waals surface area contributed by atoms with Gasteiger partial charge in [-0.25, -0.2) is 9.78 Å². The number of fused-ring (bicyclic) bond motifs is 1. The molecule has 0 atom stereocenters. The third kappa shape index (κ3) is 6.34. The number of benzene rings is 3. The van der Waals surface area contributed by atoms with Gasteiger partial charge in [0, 0.05) is 29.6 Å². The van der Waals surface area contributed by atoms with Gasteiger partial charge in [0.25, 0.3) is 0 Å². The molecule has 0 bridgehead atoms. The third-order valence-corrected chi connectivity index (χ3v) is 10.5. The molecule has 1 N–H and O–H groups in total. The standard InChI is InChI=1S/C22H21O2P.C10H11ClN2O/c1-2-24-22(23)18-25(19-12-6-3-7-13-19,20-14-8-4-9-15-20)21-16-10-5-11-17-21;1-2-13-8(6-14)3-7-5-12-10(11)4-9(7)13/h3-18H,2H2,1H3;3-5,14H,2,6H2,1H3. The first-order valence-electron chi connectivity index (χ1n) is 12.9. The van der Waals surface area contributed by atoms with Gasteiger partial charge >= 0.3 is 5.97 Å². The van der Waals surface area contributed by atoms with Crippen LogP contribution >= 0.6 is 18.5 Å². The normalized spacial score (nSPS) is 11.0. The first-order valence-corrected chi connectivity index (χ1v) is 15.1. The van der Waals surface area contributed by atoms with Crippen molar-refractivity contribution in [3.63, 3.8) is 0 Å². The summed E-state index contributed by atoms with van der Waals surface area (Å²) in [6, 6.07) is 34.5. The number of aliphatic hydroxyl groups is 1. The highest BCUT2D eigenvalue weighted by atomic mass is 35.5. The van der Waals surface area contributed by atoms with Gasteiger partial charge in [0.1, 0.15) is 5.15 Å². The summed E-state index contributed by atoms with van der Waals surface area (Å²) >= 11 is 5.81. The molecule has 0 radical (unpaired) electrons. The number of ether oxygens (including phenoxy) is 1. The lowest BCUT2D eigenvalue weighted by atomic mass is 10.3. The molecular weight excluding hydrogens is 527 g/mol. The highest BCUT2D eigenvalue weighted by Crippen LogP contribution is 2.43. The molecule has 7 heteroatoms. The Labute approximate surface area is 234 Å². The number of carbonyl (C=O) groups is 1. The Hall–Kier alpha value is -3.63. The third-order valence-electron chi connectivity index (χ3n) is 6.39. The fraction of sp³-hybridized carbons (Fsp3) is 0.156. The van der Waals surface area contributed by atoms with Crippen molar-refractivity contribution in [2.75, 3.05) is 6.61 Å². The number of halogens is 1. The fourth-order valence-corrected chi connectivity index (χ4v) is 8.50. The van der Waals surface area contributed by atoms with E-state index in [0.29, 0.717) is 11.8 Å². The van der Waals surface area contributed by atoms with Crippen molar-refractivity contribution >= 4 is 57.1 Å². The maximum absolute atomic E-state index is 12.5. The van der Waals surface area contributed by atoms with Crippen molar-refractivity contribution in [2.45, 2.75) is 27.0 Å². The van der Waals surface area contributed by atoms with Gasteiger partial charge in [-0.05, 0) is 48.8 Å². The van der Waals surface area contributed by atoms with E-state index in [9.17, 15) is 4.79 Å². The maximum Gasteiger partial charge on any atom is 0.331 e. The summed E-state index contributed by atoms with van der Waals surface area (Å²) in [5.41, 5.74) is 1.92. The van der Waals surface area contributed by atoms with E-state index >= 15 is 0 Å². The average Bonchev–Trinajstić information content (AvgIpc) is 3.34. The number of hydrogen-bond donors (Lipinski definition) is 1. The van der Waals surface area contributed by atoms with Gasteiger partial charge in [-0.2, -0.15) is 0 Å². The lowest BCUT2D eigenvalue weighted by Gasteiger charge is -2.28. The molecule has 39 heavy (non-hydrogen) atoms. The van der Waals surface area contributed by atoms with Crippen molar-refractivity contribution in [1.29, 1.82) is 0 Å². The van der Waals surface area contributed by atoms with Gasteiger partial charge in [0.05, 0.1) is 18.7 Å². The number of carbonyl (C=O) groups excluding carboxylic acids is 1. The topological polar surface area (TPSA) is 64.3 Å². The summed E-state index contributed by atoms with van der Waals surface area (Å²) in [5.74, 6) is 1.53. The second-order valence-electron chi connectivity index (χ2n) is 8.71. The zero-order valence-corrected chi connectivity index (χ0v) is 23.7. The Kier molecular flexibility index (Phi) is 9.78. The van der Waals surface area contributed by atoms with Crippen LogP contribution in [0.3, 0.4) is 0 Å². The molecular formula is C32H32ClN2O3P. The van der Waals surface area contributed by atoms with E-state index < -0.39 is 6.89 Å². The minimum absolute atomic E-state index is 0.0418. The number of rotatable bonds is 7. The van der Waals surface area contributed by atoms with Crippen LogP contribution in [-0.2, 0) is 22.7 Å². The summed E-state index contributed by atoms with van der Waals surface area (Å²) in [7, 11) is 0. The minimum atomic E-state index is -2.24. The highest BCUT2D eigenvalue weighted by Gasteiger charge is 2.26. The van der Waals surface area contributed by atoms with E-state index in [-0.39, 0.29) is 12.6 Å². The molecule has 0 spiro atoms. The van der Waals surface area contributed by atoms with Crippen molar-refractivity contribution in [2.24, 2.45) is 0 Å². The van der Waals surface area contributed by atoms with E-state index in [1.165, 1.54) is 0 Å². The molecule has 0 unspecified atom stereocenters. The summed E-state index contributed by atoms with van der Waals surface area (Å²) in [5, 5.41) is 14.1. The van der Waals surface area contributed by atoms with E-state index in [0.717, 1.165) is 39.1 Å². The summed E-state index contributed by atoms with van der Waals surface area (Å²) < 4.78 is 7.33.